The predicted molar refractivity (Wildman–Crippen MR) is 117 cm³/mol. The van der Waals surface area contributed by atoms with E-state index < -0.39 is 24.3 Å². The molecule has 38 heavy (non-hydrogen) atoms. The summed E-state index contributed by atoms with van der Waals surface area (Å²) in [7, 11) is 1.81. The molecule has 0 spiro atoms. The largest absolute Gasteiger partial charge is 0.490 e. The summed E-state index contributed by atoms with van der Waals surface area (Å²) < 4.78 is 80.1. The Balaban J connectivity index is 0.000000301. The maximum Gasteiger partial charge on any atom is 0.490 e. The molecule has 2 aromatic rings. The molecule has 2 aliphatic heterocycles. The molecule has 1 fully saturated rings. The van der Waals surface area contributed by atoms with Gasteiger partial charge in [0.25, 0.3) is 0 Å². The van der Waals surface area contributed by atoms with Crippen molar-refractivity contribution in [3.8, 4) is 11.5 Å². The fourth-order valence-electron chi connectivity index (χ4n) is 3.65. The monoisotopic (exact) mass is 554 g/mol. The first kappa shape index (κ1) is 30.6. The SMILES string of the molecule is CO[C@H]1CCN(Cc2ccc3c(c2)OCO3)[C@H]1Cc1cccnc1.O=C(O)C(F)(F)F.O=C(O)C(F)(F)F. The molecule has 0 saturated carbocycles. The first-order valence-electron chi connectivity index (χ1n) is 10.9. The number of methoxy groups -OCH3 is 1. The molecule has 0 unspecified atom stereocenters. The van der Waals surface area contributed by atoms with Crippen LogP contribution in [0.3, 0.4) is 0 Å². The van der Waals surface area contributed by atoms with Crippen molar-refractivity contribution in [2.75, 3.05) is 20.4 Å². The lowest BCUT2D eigenvalue weighted by Gasteiger charge is -2.27. The van der Waals surface area contributed by atoms with E-state index in [4.69, 9.17) is 34.0 Å². The number of halogens is 6. The Kier molecular flexibility index (Phi) is 10.7. The number of aromatic nitrogens is 1. The van der Waals surface area contributed by atoms with Gasteiger partial charge >= 0.3 is 24.3 Å². The molecular weight excluding hydrogens is 530 g/mol. The number of fused-ring (bicyclic) bond motifs is 1. The Hall–Kier alpha value is -3.59. The van der Waals surface area contributed by atoms with Crippen LogP contribution in [0.15, 0.2) is 42.7 Å². The number of alkyl halides is 6. The number of aliphatic carboxylic acids is 2. The van der Waals surface area contributed by atoms with Crippen molar-refractivity contribution in [3.63, 3.8) is 0 Å². The van der Waals surface area contributed by atoms with Crippen LogP contribution in [-0.4, -0.2) is 77.0 Å². The fraction of sp³-hybridized carbons (Fsp3) is 0.435. The summed E-state index contributed by atoms with van der Waals surface area (Å²) in [6.07, 6.45) is -4.12. The van der Waals surface area contributed by atoms with E-state index in [1.54, 1.807) is 0 Å². The average Bonchev–Trinajstić information content (AvgIpc) is 3.46. The maximum absolute atomic E-state index is 10.6. The number of benzene rings is 1. The summed E-state index contributed by atoms with van der Waals surface area (Å²) in [5, 5.41) is 14.2. The molecule has 9 nitrogen and oxygen atoms in total. The zero-order valence-corrected chi connectivity index (χ0v) is 19.8. The van der Waals surface area contributed by atoms with E-state index in [1.165, 1.54) is 11.1 Å². The first-order chi connectivity index (χ1) is 17.7. The number of rotatable bonds is 5. The minimum Gasteiger partial charge on any atom is -0.475 e. The second-order valence-corrected chi connectivity index (χ2v) is 7.96. The molecule has 3 heterocycles. The number of nitrogens with zero attached hydrogens (tertiary/aromatic N) is 2. The number of carboxylic acid groups (broad SMARTS) is 2. The normalized spacial score (nSPS) is 18.6. The van der Waals surface area contributed by atoms with Gasteiger partial charge in [0.15, 0.2) is 11.5 Å². The van der Waals surface area contributed by atoms with E-state index in [0.29, 0.717) is 12.8 Å². The van der Waals surface area contributed by atoms with E-state index in [0.717, 1.165) is 37.4 Å². The smallest absolute Gasteiger partial charge is 0.475 e. The molecule has 15 heteroatoms. The zero-order chi connectivity index (χ0) is 28.5. The van der Waals surface area contributed by atoms with Crippen LogP contribution in [0.5, 0.6) is 11.5 Å². The van der Waals surface area contributed by atoms with Crippen LogP contribution in [-0.2, 0) is 27.3 Å². The average molecular weight is 554 g/mol. The van der Waals surface area contributed by atoms with E-state index >= 15 is 0 Å². The molecule has 0 aliphatic carbocycles. The molecular formula is C23H24F6N2O7. The van der Waals surface area contributed by atoms with Crippen LogP contribution in [0, 0.1) is 0 Å². The second kappa shape index (κ2) is 13.3. The Morgan fingerprint density at radius 1 is 1.03 bits per heavy atom. The van der Waals surface area contributed by atoms with Gasteiger partial charge in [-0.2, -0.15) is 26.3 Å². The van der Waals surface area contributed by atoms with Crippen LogP contribution >= 0.6 is 0 Å². The number of hydrogen-bond acceptors (Lipinski definition) is 7. The highest BCUT2D eigenvalue weighted by Crippen LogP contribution is 2.34. The molecule has 4 rings (SSSR count). The Morgan fingerprint density at radius 3 is 2.16 bits per heavy atom. The molecule has 1 aromatic heterocycles. The van der Waals surface area contributed by atoms with Crippen LogP contribution in [0.1, 0.15) is 17.5 Å². The lowest BCUT2D eigenvalue weighted by molar-refractivity contribution is -0.193. The van der Waals surface area contributed by atoms with E-state index in [1.807, 2.05) is 31.6 Å². The number of carbonyl (C=O) groups is 2. The molecule has 0 amide bonds. The Bertz CT molecular complexity index is 1040. The van der Waals surface area contributed by atoms with Gasteiger partial charge in [0.1, 0.15) is 0 Å². The predicted octanol–water partition coefficient (Wildman–Crippen LogP) is 3.91. The van der Waals surface area contributed by atoms with Crippen LogP contribution < -0.4 is 9.47 Å². The van der Waals surface area contributed by atoms with Crippen LogP contribution in [0.25, 0.3) is 0 Å². The number of ether oxygens (including phenoxy) is 3. The van der Waals surface area contributed by atoms with Crippen LogP contribution in [0.4, 0.5) is 26.3 Å². The van der Waals surface area contributed by atoms with Gasteiger partial charge in [0.05, 0.1) is 6.10 Å². The molecule has 2 atom stereocenters. The number of carboxylic acids is 2. The highest BCUT2D eigenvalue weighted by atomic mass is 19.4. The van der Waals surface area contributed by atoms with Crippen molar-refractivity contribution in [2.24, 2.45) is 0 Å². The third-order valence-corrected chi connectivity index (χ3v) is 5.38. The van der Waals surface area contributed by atoms with Gasteiger partial charge in [-0.25, -0.2) is 9.59 Å². The van der Waals surface area contributed by atoms with Gasteiger partial charge in [-0.15, -0.1) is 0 Å². The summed E-state index contributed by atoms with van der Waals surface area (Å²) in [5.41, 5.74) is 2.49. The maximum atomic E-state index is 10.6. The summed E-state index contributed by atoms with van der Waals surface area (Å²) in [6.45, 7) is 2.25. The first-order valence-corrected chi connectivity index (χ1v) is 10.9. The summed E-state index contributed by atoms with van der Waals surface area (Å²) in [5.74, 6) is -3.83. The second-order valence-electron chi connectivity index (χ2n) is 7.96. The fourth-order valence-corrected chi connectivity index (χ4v) is 3.65. The van der Waals surface area contributed by atoms with Crippen molar-refractivity contribution >= 4 is 11.9 Å². The number of likely N-dealkylation sites (tertiary alicyclic amines) is 1. The standard InChI is InChI=1S/C19H22N2O3.2C2HF3O2/c1-22-17-6-8-21(16(17)9-14-3-2-7-20-11-14)12-15-4-5-18-19(10-15)24-13-23-18;2*3-2(4,5)1(6)7/h2-5,7,10-11,16-17H,6,8-9,12-13H2,1H3;2*(H,6,7)/t16-,17-;;/m0../s1. The molecule has 2 aliphatic rings. The van der Waals surface area contributed by atoms with Gasteiger partial charge in [-0.05, 0) is 42.2 Å². The third-order valence-electron chi connectivity index (χ3n) is 5.38. The minimum atomic E-state index is -5.08. The topological polar surface area (TPSA) is 118 Å². The van der Waals surface area contributed by atoms with Gasteiger partial charge in [0.2, 0.25) is 6.79 Å². The number of hydrogen-bond donors (Lipinski definition) is 2. The lowest BCUT2D eigenvalue weighted by atomic mass is 10.0. The zero-order valence-electron chi connectivity index (χ0n) is 19.8. The summed E-state index contributed by atoms with van der Waals surface area (Å²) in [6, 6.07) is 10.7. The number of pyridine rings is 1. The summed E-state index contributed by atoms with van der Waals surface area (Å²) in [4.78, 5) is 24.5. The van der Waals surface area contributed by atoms with Gasteiger partial charge in [-0.3, -0.25) is 9.88 Å². The highest BCUT2D eigenvalue weighted by molar-refractivity contribution is 5.73. The van der Waals surface area contributed by atoms with Crippen molar-refractivity contribution in [2.45, 2.75) is 43.9 Å². The molecule has 210 valence electrons. The van der Waals surface area contributed by atoms with E-state index in [2.05, 4.69) is 28.1 Å². The molecule has 2 N–H and O–H groups in total. The Labute approximate surface area is 212 Å². The molecule has 1 aromatic carbocycles. The van der Waals surface area contributed by atoms with Crippen molar-refractivity contribution < 1.29 is 60.4 Å². The van der Waals surface area contributed by atoms with Crippen molar-refractivity contribution in [3.05, 3.63) is 53.9 Å². The highest BCUT2D eigenvalue weighted by Gasteiger charge is 2.39. The minimum absolute atomic E-state index is 0.263. The lowest BCUT2D eigenvalue weighted by Crippen LogP contribution is -2.37. The van der Waals surface area contributed by atoms with Crippen molar-refractivity contribution in [1.82, 2.24) is 9.88 Å². The van der Waals surface area contributed by atoms with Crippen molar-refractivity contribution in [1.29, 1.82) is 0 Å². The quantitative estimate of drug-likeness (QED) is 0.531. The van der Waals surface area contributed by atoms with Gasteiger partial charge in [0, 0.05) is 38.6 Å². The van der Waals surface area contributed by atoms with Crippen LogP contribution in [0.2, 0.25) is 0 Å². The molecule has 0 radical (unpaired) electrons. The summed E-state index contributed by atoms with van der Waals surface area (Å²) >= 11 is 0. The van der Waals surface area contributed by atoms with Gasteiger partial charge < -0.3 is 24.4 Å². The molecule has 0 bridgehead atoms. The van der Waals surface area contributed by atoms with E-state index in [-0.39, 0.29) is 6.10 Å². The Morgan fingerprint density at radius 2 is 1.63 bits per heavy atom. The van der Waals surface area contributed by atoms with E-state index in [9.17, 15) is 26.3 Å². The molecule has 1 saturated heterocycles. The third kappa shape index (κ3) is 9.37. The van der Waals surface area contributed by atoms with Gasteiger partial charge in [-0.1, -0.05) is 12.1 Å².